The smallest absolute Gasteiger partial charge is 0.303 e. The van der Waals surface area contributed by atoms with Crippen molar-refractivity contribution in [2.45, 2.75) is 51.4 Å². The van der Waals surface area contributed by atoms with E-state index >= 15 is 0 Å². The zero-order valence-corrected chi connectivity index (χ0v) is 63.5. The second kappa shape index (κ2) is 31.5. The van der Waals surface area contributed by atoms with Crippen LogP contribution < -0.4 is 60.3 Å². The topological polar surface area (TPSA) is 528 Å². The van der Waals surface area contributed by atoms with E-state index in [-0.39, 0.29) is 116 Å². The quantitative estimate of drug-likeness (QED) is 0.0708. The average molecular weight is 1710 g/mol. The number of rotatable bonds is 12. The third-order valence-electron chi connectivity index (χ3n) is 19.4. The molecule has 8 aromatic carbocycles. The van der Waals surface area contributed by atoms with E-state index in [0.29, 0.717) is 144 Å². The fourth-order valence-corrected chi connectivity index (χ4v) is 14.3. The Labute approximate surface area is 682 Å². The highest BCUT2D eigenvalue weighted by molar-refractivity contribution is 9.10. The Balaban J connectivity index is 0.000000114. The van der Waals surface area contributed by atoms with Crippen molar-refractivity contribution < 1.29 is 86.2 Å². The Bertz CT molecular complexity index is 6300. The first kappa shape index (κ1) is 76.3. The second-order valence-corrected chi connectivity index (χ2v) is 28.0. The first-order valence-corrected chi connectivity index (χ1v) is 37.2. The molecule has 44 heteroatoms. The lowest BCUT2D eigenvalue weighted by Crippen LogP contribution is -2.42. The van der Waals surface area contributed by atoms with Gasteiger partial charge in [-0.05, 0) is 160 Å². The number of carbonyl (C=O) groups is 4. The van der Waals surface area contributed by atoms with Crippen LogP contribution in [-0.4, -0.2) is 88.9 Å². The van der Waals surface area contributed by atoms with Gasteiger partial charge in [0.25, 0.3) is 23.6 Å². The third-order valence-corrected chi connectivity index (χ3v) is 20.1. The molecule has 5 N–H and O–H groups in total. The molecular formula is C76H53BrClFN24O17. The van der Waals surface area contributed by atoms with Crippen LogP contribution in [0.5, 0.6) is 5.75 Å². The number of hydrogen-bond donors (Lipinski definition) is 5. The Morgan fingerprint density at radius 1 is 0.350 bits per heavy atom. The maximum Gasteiger partial charge on any atom is 0.303 e. The van der Waals surface area contributed by atoms with E-state index < -0.39 is 29.4 Å². The van der Waals surface area contributed by atoms with E-state index in [2.05, 4.69) is 96.7 Å². The van der Waals surface area contributed by atoms with Gasteiger partial charge in [0.1, 0.15) is 34.3 Å². The molecule has 41 nitrogen and oxygen atoms in total. The Morgan fingerprint density at radius 3 is 0.950 bits per heavy atom. The molecule has 4 amide bonds. The largest absolute Gasteiger partial charge is 0.692 e. The number of nitrogens with one attached hydrogen (secondary N) is 4. The van der Waals surface area contributed by atoms with E-state index in [4.69, 9.17) is 11.6 Å². The number of fused-ring (bicyclic) bond motifs is 12. The number of phenolic OH excluding ortho intramolecular Hbond substituents is 1. The highest BCUT2D eigenvalue weighted by Gasteiger charge is 2.44. The monoisotopic (exact) mass is 1710 g/mol. The Kier molecular flexibility index (Phi) is 20.0. The number of phenols is 1. The summed E-state index contributed by atoms with van der Waals surface area (Å²) in [6.45, 7) is 0. The SMILES string of the molecule is O=C(Nc1ccc(Cl)cc1)c1ccccc1-n1nc2c([n+]1[O-])CCc1c-2no[n+]1[O-].O=C(Nc1cccc(Br)c1)c1ccccc1-n1nc2c([n+]1[O-])CCc1c-2no[n+]1[O-].O=C(Nc1cccc(F)c1)c1ccccc1-n1nc2c([n+]1[O-])CCc1c-2no[n+]1[O-].O=C(Nc1cccc(O)c1)c1ccccc1-n1nc2c([n+]1[O-])CCc1c-2no[n+]1[O-]. The molecule has 4 aliphatic rings. The van der Waals surface area contributed by atoms with Crippen LogP contribution in [0.3, 0.4) is 0 Å². The highest BCUT2D eigenvalue weighted by atomic mass is 79.9. The van der Waals surface area contributed by atoms with Gasteiger partial charge in [-0.2, -0.15) is 0 Å². The molecule has 0 fully saturated rings. The normalized spacial score (nSPS) is 12.3. The average Bonchev–Trinajstić information content (AvgIpc) is 1.62. The lowest BCUT2D eigenvalue weighted by molar-refractivity contribution is -0.808. The molecule has 16 aromatic rings. The molecule has 0 aliphatic heterocycles. The standard InChI is InChI=1S/C19H13BrN6O4.C19H13ClN6O4.C19H13FN6O4.C19H14N6O5/c20-11-4-3-5-12(10-11)21-19(27)13-6-1-2-7-14(13)24-22-17-15(25(24)28)8-9-16-18(17)23-30-26(16)29;20-11-5-7-12(8-6-11)21-19(27)13-3-1-2-4-14(13)24-22-17-15(25(24)28)9-10-16-18(17)23-30-26(16)29;20-11-4-3-5-12(10-11)21-19(27)13-6-1-2-7-14(13)24-22-17-15(25(24)28)8-9-16-18(17)23-30-26(16)29;26-12-5-3-4-11(10-12)20-19(27)13-6-1-2-7-14(13)23-21-17-15(24(23)28)8-9-16-18(17)22-30-25(16)29/h1-7,10H,8-9H2,(H,21,27);1-8H,9-10H2,(H,21,27);1-7,10H,8-9H2,(H,21,27);1-7,10,26H,8-9H2,(H,20,27). The zero-order chi connectivity index (χ0) is 83.3. The van der Waals surface area contributed by atoms with Gasteiger partial charge < -0.3 is 68.0 Å². The summed E-state index contributed by atoms with van der Waals surface area (Å²) in [4.78, 5) is 59.4. The fourth-order valence-electron chi connectivity index (χ4n) is 13.8. The predicted molar refractivity (Wildman–Crippen MR) is 409 cm³/mol. The van der Waals surface area contributed by atoms with Gasteiger partial charge in [-0.3, -0.25) is 37.7 Å². The molecule has 20 rings (SSSR count). The molecule has 8 aromatic heterocycles. The van der Waals surface area contributed by atoms with Gasteiger partial charge in [-0.1, -0.05) is 94.3 Å². The van der Waals surface area contributed by atoms with Crippen molar-refractivity contribution in [1.82, 2.24) is 60.2 Å². The van der Waals surface area contributed by atoms with Crippen LogP contribution in [0.25, 0.3) is 68.3 Å². The number of aromatic hydroxyl groups is 1. The Hall–Kier alpha value is -16.3. The molecule has 0 bridgehead atoms. The summed E-state index contributed by atoms with van der Waals surface area (Å²) in [6.07, 6.45) is 2.36. The van der Waals surface area contributed by atoms with Crippen LogP contribution in [0, 0.1) is 47.5 Å². The van der Waals surface area contributed by atoms with Crippen molar-refractivity contribution in [1.29, 1.82) is 0 Å². The van der Waals surface area contributed by atoms with Crippen LogP contribution in [0.4, 0.5) is 27.1 Å². The summed E-state index contributed by atoms with van der Waals surface area (Å²) in [6, 6.07) is 51.5. The van der Waals surface area contributed by atoms with Gasteiger partial charge in [0.2, 0.25) is 22.8 Å². The van der Waals surface area contributed by atoms with E-state index in [1.54, 1.807) is 152 Å². The van der Waals surface area contributed by atoms with Crippen LogP contribution in [0.1, 0.15) is 87.0 Å². The summed E-state index contributed by atoms with van der Waals surface area (Å²) in [7, 11) is 0. The van der Waals surface area contributed by atoms with Crippen molar-refractivity contribution >= 4 is 73.9 Å². The van der Waals surface area contributed by atoms with E-state index in [0.717, 1.165) is 23.7 Å². The molecule has 8 heterocycles. The van der Waals surface area contributed by atoms with Crippen LogP contribution >= 0.6 is 27.5 Å². The molecule has 120 heavy (non-hydrogen) atoms. The molecule has 0 unspecified atom stereocenters. The fraction of sp³-hybridized carbons (Fsp3) is 0.105. The number of carbonyl (C=O) groups excluding carboxylic acids is 4. The van der Waals surface area contributed by atoms with Gasteiger partial charge in [0.05, 0.1) is 63.3 Å². The molecule has 0 saturated heterocycles. The summed E-state index contributed by atoms with van der Waals surface area (Å²) in [5.74, 6) is -2.31. The van der Waals surface area contributed by atoms with Crippen LogP contribution in [0.2, 0.25) is 5.02 Å². The Morgan fingerprint density at radius 2 is 0.633 bits per heavy atom. The van der Waals surface area contributed by atoms with E-state index in [1.807, 2.05) is 6.07 Å². The summed E-state index contributed by atoms with van der Waals surface area (Å²) in [5.41, 5.74) is 8.27. The van der Waals surface area contributed by atoms with Crippen molar-refractivity contribution in [2.75, 3.05) is 21.3 Å². The maximum absolute atomic E-state index is 13.4. The first-order valence-electron chi connectivity index (χ1n) is 36.0. The van der Waals surface area contributed by atoms with Crippen molar-refractivity contribution in [3.63, 3.8) is 0 Å². The summed E-state index contributed by atoms with van der Waals surface area (Å²) in [5, 5.41) is 152. The molecule has 0 radical (unpaired) electrons. The number of amides is 4. The van der Waals surface area contributed by atoms with Crippen LogP contribution in [-0.2, 0) is 51.4 Å². The predicted octanol–water partition coefficient (Wildman–Crippen LogP) is 5.84. The summed E-state index contributed by atoms with van der Waals surface area (Å²) < 4.78 is 32.8. The lowest BCUT2D eigenvalue weighted by atomic mass is 10.0. The molecular weight excluding hydrogens is 1660 g/mol. The van der Waals surface area contributed by atoms with Crippen molar-refractivity contribution in [2.24, 2.45) is 0 Å². The number of halogens is 3. The van der Waals surface area contributed by atoms with Crippen molar-refractivity contribution in [3.8, 4) is 74.1 Å². The van der Waals surface area contributed by atoms with Gasteiger partial charge in [0, 0.05) is 89.7 Å². The minimum atomic E-state index is -0.538. The first-order chi connectivity index (χ1) is 58.1. The number of benzene rings is 8. The molecule has 4 aliphatic carbocycles. The number of nitrogens with zero attached hydrogens (tertiary/aromatic N) is 20. The third kappa shape index (κ3) is 14.4. The van der Waals surface area contributed by atoms with Gasteiger partial charge in [-0.15, -0.1) is 19.4 Å². The van der Waals surface area contributed by atoms with Crippen LogP contribution in [0.15, 0.2) is 217 Å². The number of hydrogen-bond acceptors (Lipinski definition) is 25. The highest BCUT2D eigenvalue weighted by Crippen LogP contribution is 2.34. The molecule has 0 atom stereocenters. The maximum atomic E-state index is 13.4. The lowest BCUT2D eigenvalue weighted by Gasteiger charge is -2.11. The van der Waals surface area contributed by atoms with Gasteiger partial charge in [0.15, 0.2) is 22.8 Å². The molecule has 0 spiro atoms. The molecule has 600 valence electrons. The van der Waals surface area contributed by atoms with Gasteiger partial charge in [-0.25, -0.2) is 4.39 Å². The van der Waals surface area contributed by atoms with E-state index in [9.17, 15) is 70.3 Å². The number of aromatic nitrogens is 20. The van der Waals surface area contributed by atoms with Crippen molar-refractivity contribution in [3.05, 3.63) is 319 Å². The minimum Gasteiger partial charge on any atom is -0.692 e. The van der Waals surface area contributed by atoms with E-state index in [1.165, 1.54) is 36.4 Å². The summed E-state index contributed by atoms with van der Waals surface area (Å²) >= 11 is 9.25. The number of para-hydroxylation sites is 4. The zero-order valence-electron chi connectivity index (χ0n) is 61.2. The molecule has 0 saturated carbocycles. The minimum absolute atomic E-state index is 0.0114. The second-order valence-electron chi connectivity index (χ2n) is 26.7. The van der Waals surface area contributed by atoms with Gasteiger partial charge >= 0.3 is 45.6 Å². The number of anilines is 4.